The molecule has 0 amide bonds. The fourth-order valence-corrected chi connectivity index (χ4v) is 2.58. The Bertz CT molecular complexity index is 759. The molecule has 0 saturated carbocycles. The van der Waals surface area contributed by atoms with Crippen molar-refractivity contribution in [2.45, 2.75) is 11.6 Å². The fourth-order valence-electron chi connectivity index (χ4n) is 1.57. The lowest BCUT2D eigenvalue weighted by molar-refractivity contribution is 0.408. The summed E-state index contributed by atoms with van der Waals surface area (Å²) in [5.74, 6) is -3.67. The van der Waals surface area contributed by atoms with Crippen molar-refractivity contribution in [2.24, 2.45) is 0 Å². The molecule has 0 spiro atoms. The Morgan fingerprint density at radius 3 is 2.43 bits per heavy atom. The number of sulfonamides is 1. The largest absolute Gasteiger partial charge is 0.446 e. The minimum atomic E-state index is -4.24. The van der Waals surface area contributed by atoms with Gasteiger partial charge in [-0.2, -0.15) is 8.42 Å². The highest BCUT2D eigenvalue weighted by Crippen LogP contribution is 2.23. The number of furan rings is 1. The molecule has 0 radical (unpaired) electrons. The molecule has 114 valence electrons. The van der Waals surface area contributed by atoms with E-state index in [0.29, 0.717) is 18.4 Å². The van der Waals surface area contributed by atoms with Gasteiger partial charge < -0.3 is 9.73 Å². The zero-order chi connectivity index (χ0) is 15.6. The SMILES string of the molecule is CNCc1ccc(S(=O)(=O)Nc2cc(F)c(F)cc2F)o1. The van der Waals surface area contributed by atoms with Gasteiger partial charge in [0.05, 0.1) is 12.2 Å². The summed E-state index contributed by atoms with van der Waals surface area (Å²) >= 11 is 0. The van der Waals surface area contributed by atoms with E-state index in [1.54, 1.807) is 11.8 Å². The highest BCUT2D eigenvalue weighted by molar-refractivity contribution is 7.92. The quantitative estimate of drug-likeness (QED) is 0.829. The highest BCUT2D eigenvalue weighted by Gasteiger charge is 2.21. The molecule has 2 N–H and O–H groups in total. The van der Waals surface area contributed by atoms with E-state index >= 15 is 0 Å². The van der Waals surface area contributed by atoms with E-state index in [1.165, 1.54) is 12.1 Å². The first-order valence-corrected chi connectivity index (χ1v) is 7.22. The number of nitrogens with one attached hydrogen (secondary N) is 2. The number of rotatable bonds is 5. The van der Waals surface area contributed by atoms with E-state index < -0.39 is 38.3 Å². The van der Waals surface area contributed by atoms with E-state index in [9.17, 15) is 21.6 Å². The van der Waals surface area contributed by atoms with Crippen LogP contribution in [0.3, 0.4) is 0 Å². The van der Waals surface area contributed by atoms with Crippen molar-refractivity contribution in [3.8, 4) is 0 Å². The standard InChI is InChI=1S/C12H11F3N2O3S/c1-16-6-7-2-3-12(20-7)21(18,19)17-11-5-9(14)8(13)4-10(11)15/h2-5,16-17H,6H2,1H3. The Hall–Kier alpha value is -2.00. The van der Waals surface area contributed by atoms with E-state index in [4.69, 9.17) is 4.42 Å². The summed E-state index contributed by atoms with van der Waals surface area (Å²) < 4.78 is 70.0. The number of hydrogen-bond acceptors (Lipinski definition) is 4. The molecule has 9 heteroatoms. The van der Waals surface area contributed by atoms with Crippen molar-refractivity contribution in [2.75, 3.05) is 11.8 Å². The van der Waals surface area contributed by atoms with E-state index in [-0.39, 0.29) is 6.07 Å². The summed E-state index contributed by atoms with van der Waals surface area (Å²) in [5.41, 5.74) is -0.708. The molecular weight excluding hydrogens is 309 g/mol. The molecule has 1 aromatic carbocycles. The van der Waals surface area contributed by atoms with Gasteiger partial charge in [-0.15, -0.1) is 0 Å². The summed E-state index contributed by atoms with van der Waals surface area (Å²) in [5, 5.41) is 2.30. The molecule has 0 saturated heterocycles. The minimum Gasteiger partial charge on any atom is -0.446 e. The zero-order valence-electron chi connectivity index (χ0n) is 10.8. The molecule has 21 heavy (non-hydrogen) atoms. The first kappa shape index (κ1) is 15.4. The third-order valence-corrected chi connectivity index (χ3v) is 3.74. The van der Waals surface area contributed by atoms with Crippen LogP contribution in [0.15, 0.2) is 33.8 Å². The van der Waals surface area contributed by atoms with E-state index in [2.05, 4.69) is 5.32 Å². The summed E-state index contributed by atoms with van der Waals surface area (Å²) in [6.07, 6.45) is 0. The van der Waals surface area contributed by atoms with Gasteiger partial charge in [-0.3, -0.25) is 4.72 Å². The summed E-state index contributed by atoms with van der Waals surface area (Å²) in [6, 6.07) is 3.26. The Labute approximate surface area is 118 Å². The number of hydrogen-bond donors (Lipinski definition) is 2. The molecule has 0 unspecified atom stereocenters. The molecule has 1 heterocycles. The maximum Gasteiger partial charge on any atom is 0.295 e. The maximum absolute atomic E-state index is 13.4. The van der Waals surface area contributed by atoms with Gasteiger partial charge in [-0.1, -0.05) is 0 Å². The molecule has 2 rings (SSSR count). The van der Waals surface area contributed by atoms with Gasteiger partial charge in [-0.05, 0) is 19.2 Å². The molecule has 2 aromatic rings. The van der Waals surface area contributed by atoms with Crippen molar-refractivity contribution in [1.82, 2.24) is 5.32 Å². The average Bonchev–Trinajstić information content (AvgIpc) is 2.86. The highest BCUT2D eigenvalue weighted by atomic mass is 32.2. The average molecular weight is 320 g/mol. The van der Waals surface area contributed by atoms with Crippen LogP contribution in [0.4, 0.5) is 18.9 Å². The second-order valence-electron chi connectivity index (χ2n) is 4.10. The predicted molar refractivity (Wildman–Crippen MR) is 68.6 cm³/mol. The third kappa shape index (κ3) is 3.37. The smallest absolute Gasteiger partial charge is 0.295 e. The van der Waals surface area contributed by atoms with Gasteiger partial charge >= 0.3 is 0 Å². The van der Waals surface area contributed by atoms with Crippen molar-refractivity contribution >= 4 is 15.7 Å². The second kappa shape index (κ2) is 5.78. The molecule has 0 atom stereocenters. The van der Waals surface area contributed by atoms with Crippen molar-refractivity contribution in [3.05, 3.63) is 47.5 Å². The topological polar surface area (TPSA) is 71.3 Å². The van der Waals surface area contributed by atoms with E-state index in [0.717, 1.165) is 0 Å². The second-order valence-corrected chi connectivity index (χ2v) is 5.72. The van der Waals surface area contributed by atoms with Gasteiger partial charge in [0.1, 0.15) is 11.6 Å². The monoisotopic (exact) mass is 320 g/mol. The van der Waals surface area contributed by atoms with E-state index in [1.807, 2.05) is 0 Å². The molecule has 0 aliphatic carbocycles. The molecule has 5 nitrogen and oxygen atoms in total. The van der Waals surface area contributed by atoms with Gasteiger partial charge in [0.25, 0.3) is 10.0 Å². The Morgan fingerprint density at radius 2 is 1.76 bits per heavy atom. The van der Waals surface area contributed by atoms with Crippen LogP contribution in [0.2, 0.25) is 0 Å². The lowest BCUT2D eigenvalue weighted by Gasteiger charge is -2.07. The number of halogens is 3. The third-order valence-electron chi connectivity index (χ3n) is 2.51. The van der Waals surface area contributed by atoms with Crippen molar-refractivity contribution in [3.63, 3.8) is 0 Å². The molecule has 1 aromatic heterocycles. The lowest BCUT2D eigenvalue weighted by Crippen LogP contribution is -2.14. The van der Waals surface area contributed by atoms with Crippen LogP contribution in [-0.4, -0.2) is 15.5 Å². The van der Waals surface area contributed by atoms with Crippen LogP contribution in [0.1, 0.15) is 5.76 Å². The van der Waals surface area contributed by atoms with Crippen LogP contribution < -0.4 is 10.0 Å². The van der Waals surface area contributed by atoms with Crippen molar-refractivity contribution < 1.29 is 26.0 Å². The van der Waals surface area contributed by atoms with Crippen molar-refractivity contribution in [1.29, 1.82) is 0 Å². The molecular formula is C12H11F3N2O3S. The normalized spacial score (nSPS) is 11.6. The Kier molecular flexibility index (Phi) is 4.24. The van der Waals surface area contributed by atoms with Crippen LogP contribution in [0.25, 0.3) is 0 Å². The van der Waals surface area contributed by atoms with Gasteiger partial charge in [0, 0.05) is 12.1 Å². The Balaban J connectivity index is 2.30. The molecule has 0 bridgehead atoms. The van der Waals surface area contributed by atoms with Crippen LogP contribution in [0.5, 0.6) is 0 Å². The maximum atomic E-state index is 13.4. The summed E-state index contributed by atoms with van der Waals surface area (Å²) in [7, 11) is -2.59. The first-order chi connectivity index (χ1) is 9.83. The lowest BCUT2D eigenvalue weighted by atomic mass is 10.3. The molecule has 0 aliphatic rings. The number of benzene rings is 1. The Morgan fingerprint density at radius 1 is 1.10 bits per heavy atom. The van der Waals surface area contributed by atoms with Crippen LogP contribution in [-0.2, 0) is 16.6 Å². The predicted octanol–water partition coefficient (Wildman–Crippen LogP) is 2.22. The minimum absolute atomic E-state index is 0.252. The van der Waals surface area contributed by atoms with Crippen LogP contribution in [0, 0.1) is 17.5 Å². The number of anilines is 1. The van der Waals surface area contributed by atoms with Crippen LogP contribution >= 0.6 is 0 Å². The summed E-state index contributed by atoms with van der Waals surface area (Å²) in [4.78, 5) is 0. The fraction of sp³-hybridized carbons (Fsp3) is 0.167. The van der Waals surface area contributed by atoms with Gasteiger partial charge in [0.2, 0.25) is 5.09 Å². The summed E-state index contributed by atoms with van der Waals surface area (Å²) in [6.45, 7) is 0.301. The molecule has 0 aliphatic heterocycles. The first-order valence-electron chi connectivity index (χ1n) is 5.74. The zero-order valence-corrected chi connectivity index (χ0v) is 11.6. The molecule has 0 fully saturated rings. The van der Waals surface area contributed by atoms with Gasteiger partial charge in [0.15, 0.2) is 11.6 Å². The van der Waals surface area contributed by atoms with Gasteiger partial charge in [-0.25, -0.2) is 13.2 Å².